The van der Waals surface area contributed by atoms with Gasteiger partial charge in [-0.25, -0.2) is 0 Å². The van der Waals surface area contributed by atoms with Gasteiger partial charge in [0.05, 0.1) is 24.7 Å². The van der Waals surface area contributed by atoms with E-state index in [1.807, 2.05) is 0 Å². The maximum absolute atomic E-state index is 12.5. The molecule has 134 valence electrons. The first-order valence-electron chi connectivity index (χ1n) is 8.61. The first-order valence-corrected chi connectivity index (χ1v) is 11.5. The molecule has 4 atom stereocenters. The Morgan fingerprint density at radius 2 is 2.00 bits per heavy atom. The predicted molar refractivity (Wildman–Crippen MR) is 92.5 cm³/mol. The molecule has 2 rings (SSSR count). The molecule has 2 saturated heterocycles. The average molecular weight is 344 g/mol. The van der Waals surface area contributed by atoms with Crippen molar-refractivity contribution in [2.24, 2.45) is 11.8 Å². The van der Waals surface area contributed by atoms with Crippen LogP contribution in [0, 0.1) is 11.8 Å². The molecule has 0 spiro atoms. The highest BCUT2D eigenvalue weighted by Crippen LogP contribution is 2.46. The van der Waals surface area contributed by atoms with Crippen LogP contribution in [0.25, 0.3) is 0 Å². The minimum atomic E-state index is -1.98. The summed E-state index contributed by atoms with van der Waals surface area (Å²) >= 11 is 0. The van der Waals surface area contributed by atoms with Gasteiger partial charge >= 0.3 is 0 Å². The van der Waals surface area contributed by atoms with E-state index in [2.05, 4.69) is 47.7 Å². The van der Waals surface area contributed by atoms with Crippen LogP contribution in [0.2, 0.25) is 18.1 Å². The smallest absolute Gasteiger partial charge is 0.230 e. The normalized spacial score (nSPS) is 35.3. The summed E-state index contributed by atoms with van der Waals surface area (Å²) in [7, 11) is -1.98. The number of amides is 1. The van der Waals surface area contributed by atoms with Gasteiger partial charge in [0, 0.05) is 0 Å². The van der Waals surface area contributed by atoms with Crippen LogP contribution in [-0.2, 0) is 14.0 Å². The molecule has 0 aromatic heterocycles. The van der Waals surface area contributed by atoms with Gasteiger partial charge in [0.15, 0.2) is 8.32 Å². The second-order valence-corrected chi connectivity index (χ2v) is 13.8. The minimum Gasteiger partial charge on any atom is -0.414 e. The fourth-order valence-corrected chi connectivity index (χ4v) is 4.54. The molecule has 2 heterocycles. The molecule has 1 amide bonds. The highest BCUT2D eigenvalue weighted by atomic mass is 28.4. The van der Waals surface area contributed by atoms with Gasteiger partial charge in [-0.15, -0.1) is 0 Å². The first-order chi connectivity index (χ1) is 10.4. The van der Waals surface area contributed by atoms with Crippen LogP contribution >= 0.6 is 0 Å². The molecular weight excluding hydrogens is 310 g/mol. The molecule has 6 heteroatoms. The summed E-state index contributed by atoms with van der Waals surface area (Å²) in [4.78, 5) is 14.3. The monoisotopic (exact) mass is 343 g/mol. The number of hydrogen-bond donors (Lipinski definition) is 1. The van der Waals surface area contributed by atoms with E-state index in [9.17, 15) is 9.90 Å². The lowest BCUT2D eigenvalue weighted by Gasteiger charge is -2.44. The fraction of sp³-hybridized carbons (Fsp3) is 0.941. The lowest BCUT2D eigenvalue weighted by atomic mass is 9.80. The SMILES string of the molecule is CC(C)C1OCN2C(=O)C(C)C(O)[C@@]12CO[Si](C)(C)C(C)(C)C. The van der Waals surface area contributed by atoms with Crippen LogP contribution in [-0.4, -0.2) is 55.3 Å². The molecular formula is C17H33NO4Si. The quantitative estimate of drug-likeness (QED) is 0.797. The summed E-state index contributed by atoms with van der Waals surface area (Å²) in [6, 6.07) is 0. The van der Waals surface area contributed by atoms with Crippen LogP contribution < -0.4 is 0 Å². The average Bonchev–Trinajstić information content (AvgIpc) is 2.88. The molecule has 2 fully saturated rings. The van der Waals surface area contributed by atoms with E-state index in [0.29, 0.717) is 6.61 Å². The third-order valence-electron chi connectivity index (χ3n) is 6.10. The summed E-state index contributed by atoms with van der Waals surface area (Å²) < 4.78 is 12.3. The molecule has 23 heavy (non-hydrogen) atoms. The van der Waals surface area contributed by atoms with Crippen molar-refractivity contribution in [2.75, 3.05) is 13.3 Å². The highest BCUT2D eigenvalue weighted by Gasteiger charge is 2.65. The topological polar surface area (TPSA) is 59.0 Å². The minimum absolute atomic E-state index is 0.0283. The van der Waals surface area contributed by atoms with Gasteiger partial charge < -0.3 is 19.2 Å². The number of carbonyl (C=O) groups excluding carboxylic acids is 1. The molecule has 5 nitrogen and oxygen atoms in total. The van der Waals surface area contributed by atoms with Crippen LogP contribution in [0.5, 0.6) is 0 Å². The Balaban J connectivity index is 2.34. The zero-order valence-electron chi connectivity index (χ0n) is 15.8. The molecule has 0 aromatic rings. The van der Waals surface area contributed by atoms with Crippen LogP contribution in [0.15, 0.2) is 0 Å². The van der Waals surface area contributed by atoms with Crippen molar-refractivity contribution in [3.63, 3.8) is 0 Å². The first kappa shape index (κ1) is 18.9. The number of carbonyl (C=O) groups is 1. The Bertz CT molecular complexity index is 474. The number of hydrogen-bond acceptors (Lipinski definition) is 4. The molecule has 3 unspecified atom stereocenters. The van der Waals surface area contributed by atoms with Crippen molar-refractivity contribution in [1.82, 2.24) is 4.90 Å². The van der Waals surface area contributed by atoms with Gasteiger partial charge in [-0.2, -0.15) is 0 Å². The van der Waals surface area contributed by atoms with Crippen LogP contribution in [0.4, 0.5) is 0 Å². The number of aliphatic hydroxyl groups excluding tert-OH is 1. The van der Waals surface area contributed by atoms with Crippen molar-refractivity contribution < 1.29 is 19.1 Å². The molecule has 0 saturated carbocycles. The lowest BCUT2D eigenvalue weighted by molar-refractivity contribution is -0.133. The van der Waals surface area contributed by atoms with Crippen molar-refractivity contribution in [1.29, 1.82) is 0 Å². The van der Waals surface area contributed by atoms with Crippen molar-refractivity contribution in [2.45, 2.75) is 77.4 Å². The summed E-state index contributed by atoms with van der Waals surface area (Å²) in [6.45, 7) is 17.5. The number of ether oxygens (including phenoxy) is 1. The molecule has 2 aliphatic heterocycles. The number of nitrogens with zero attached hydrogens (tertiary/aromatic N) is 1. The van der Waals surface area contributed by atoms with Crippen molar-refractivity contribution in [3.8, 4) is 0 Å². The molecule has 0 radical (unpaired) electrons. The number of rotatable bonds is 4. The highest BCUT2D eigenvalue weighted by molar-refractivity contribution is 6.74. The second kappa shape index (κ2) is 5.83. The van der Waals surface area contributed by atoms with Crippen molar-refractivity contribution in [3.05, 3.63) is 0 Å². The molecule has 2 aliphatic rings. The van der Waals surface area contributed by atoms with E-state index in [1.165, 1.54) is 0 Å². The second-order valence-electron chi connectivity index (χ2n) is 9.00. The lowest BCUT2D eigenvalue weighted by Crippen LogP contribution is -2.61. The molecule has 0 aromatic carbocycles. The van der Waals surface area contributed by atoms with E-state index >= 15 is 0 Å². The van der Waals surface area contributed by atoms with E-state index in [4.69, 9.17) is 9.16 Å². The summed E-state index contributed by atoms with van der Waals surface area (Å²) in [6.07, 6.45) is -0.953. The Kier molecular flexibility index (Phi) is 4.79. The maximum atomic E-state index is 12.5. The van der Waals surface area contributed by atoms with E-state index in [1.54, 1.807) is 11.8 Å². The maximum Gasteiger partial charge on any atom is 0.230 e. The van der Waals surface area contributed by atoms with Gasteiger partial charge in [-0.05, 0) is 24.1 Å². The predicted octanol–water partition coefficient (Wildman–Crippen LogP) is 2.60. The summed E-state index contributed by atoms with van der Waals surface area (Å²) in [5.41, 5.74) is -0.750. The number of aliphatic hydroxyl groups is 1. The summed E-state index contributed by atoms with van der Waals surface area (Å²) in [5, 5.41) is 11.0. The van der Waals surface area contributed by atoms with Crippen LogP contribution in [0.3, 0.4) is 0 Å². The van der Waals surface area contributed by atoms with Gasteiger partial charge in [0.25, 0.3) is 0 Å². The Morgan fingerprint density at radius 1 is 1.43 bits per heavy atom. The Labute approximate surface area is 141 Å². The third-order valence-corrected chi connectivity index (χ3v) is 10.6. The largest absolute Gasteiger partial charge is 0.414 e. The van der Waals surface area contributed by atoms with E-state index < -0.39 is 25.9 Å². The third kappa shape index (κ3) is 2.77. The van der Waals surface area contributed by atoms with Crippen molar-refractivity contribution >= 4 is 14.2 Å². The Hall–Kier alpha value is -0.433. The number of fused-ring (bicyclic) bond motifs is 1. The van der Waals surface area contributed by atoms with Gasteiger partial charge in [0.2, 0.25) is 5.91 Å². The van der Waals surface area contributed by atoms with Crippen LogP contribution in [0.1, 0.15) is 41.5 Å². The standard InChI is InChI=1S/C17H33NO4Si/c1-11(2)14-17(9-22-23(7,8)16(4,5)6)13(19)12(3)15(20)18(17)10-21-14/h11-14,19H,9-10H2,1-8H3/t12?,13?,14?,17-/m0/s1. The zero-order chi connectivity index (χ0) is 17.8. The van der Waals surface area contributed by atoms with Gasteiger partial charge in [-0.3, -0.25) is 4.79 Å². The summed E-state index contributed by atoms with van der Waals surface area (Å²) in [5.74, 6) is -0.224. The van der Waals surface area contributed by atoms with E-state index in [-0.39, 0.29) is 29.7 Å². The molecule has 1 N–H and O–H groups in total. The molecule has 0 aliphatic carbocycles. The van der Waals surface area contributed by atoms with E-state index in [0.717, 1.165) is 0 Å². The van der Waals surface area contributed by atoms with Gasteiger partial charge in [0.1, 0.15) is 12.3 Å². The fourth-order valence-electron chi connectivity index (χ4n) is 3.51. The Morgan fingerprint density at radius 3 is 2.48 bits per heavy atom. The zero-order valence-corrected chi connectivity index (χ0v) is 16.8. The molecule has 0 bridgehead atoms. The van der Waals surface area contributed by atoms with Gasteiger partial charge in [-0.1, -0.05) is 41.5 Å².